The van der Waals surface area contributed by atoms with Crippen LogP contribution in [0.1, 0.15) is 0 Å². The SMILES string of the molecule is c1cc(-c2cccc3occc23)cc(-c2c3ccccc3c(-c3cccc4oc5ccccc5c34)c3ccccc23)c1. The standard InChI is InChI=1S/C40H24O2/c1-3-14-31-29(12-1)38(26-11-7-10-25(24-26)27-17-8-20-35-28(27)22-23-41-35)30-13-2-4-15-32(30)39(31)34-18-9-21-37-40(34)33-16-5-6-19-36(33)42-37/h1-24H. The molecule has 2 aromatic heterocycles. The molecule has 0 amide bonds. The third kappa shape index (κ3) is 3.33. The van der Waals surface area contributed by atoms with Crippen molar-refractivity contribution in [2.75, 3.05) is 0 Å². The Morgan fingerprint density at radius 2 is 0.929 bits per heavy atom. The van der Waals surface area contributed by atoms with Gasteiger partial charge in [-0.2, -0.15) is 0 Å². The molecule has 0 aliphatic carbocycles. The van der Waals surface area contributed by atoms with Crippen LogP contribution in [0.3, 0.4) is 0 Å². The number of benzene rings is 7. The van der Waals surface area contributed by atoms with E-state index >= 15 is 0 Å². The van der Waals surface area contributed by atoms with E-state index in [1.165, 1.54) is 54.9 Å². The summed E-state index contributed by atoms with van der Waals surface area (Å²) in [5, 5.41) is 8.34. The van der Waals surface area contributed by atoms with E-state index in [4.69, 9.17) is 8.83 Å². The molecule has 196 valence electrons. The Kier molecular flexibility index (Phi) is 4.93. The number of rotatable bonds is 3. The van der Waals surface area contributed by atoms with Crippen molar-refractivity contribution in [1.82, 2.24) is 0 Å². The quantitative estimate of drug-likeness (QED) is 0.210. The van der Waals surface area contributed by atoms with Gasteiger partial charge in [0.15, 0.2) is 0 Å². The summed E-state index contributed by atoms with van der Waals surface area (Å²) in [6.07, 6.45) is 1.77. The third-order valence-corrected chi connectivity index (χ3v) is 8.56. The summed E-state index contributed by atoms with van der Waals surface area (Å²) in [4.78, 5) is 0. The molecule has 42 heavy (non-hydrogen) atoms. The van der Waals surface area contributed by atoms with E-state index in [2.05, 4.69) is 127 Å². The van der Waals surface area contributed by atoms with Gasteiger partial charge in [0.1, 0.15) is 16.7 Å². The zero-order valence-electron chi connectivity index (χ0n) is 22.7. The topological polar surface area (TPSA) is 26.3 Å². The minimum Gasteiger partial charge on any atom is -0.464 e. The van der Waals surface area contributed by atoms with E-state index in [0.717, 1.165) is 32.9 Å². The van der Waals surface area contributed by atoms with Crippen molar-refractivity contribution in [3.05, 3.63) is 146 Å². The first-order valence-corrected chi connectivity index (χ1v) is 14.3. The van der Waals surface area contributed by atoms with Gasteiger partial charge in [-0.3, -0.25) is 0 Å². The largest absolute Gasteiger partial charge is 0.464 e. The van der Waals surface area contributed by atoms with Crippen LogP contribution >= 0.6 is 0 Å². The first kappa shape index (κ1) is 23.1. The fourth-order valence-electron chi connectivity index (χ4n) is 6.80. The first-order chi connectivity index (χ1) is 20.8. The van der Waals surface area contributed by atoms with E-state index in [-0.39, 0.29) is 0 Å². The van der Waals surface area contributed by atoms with Crippen LogP contribution in [-0.4, -0.2) is 0 Å². The molecule has 0 aliphatic rings. The summed E-state index contributed by atoms with van der Waals surface area (Å²) in [6.45, 7) is 0. The van der Waals surface area contributed by atoms with Crippen LogP contribution < -0.4 is 0 Å². The van der Waals surface area contributed by atoms with Gasteiger partial charge in [0.25, 0.3) is 0 Å². The van der Waals surface area contributed by atoms with Crippen LogP contribution in [-0.2, 0) is 0 Å². The molecular formula is C40H24O2. The Morgan fingerprint density at radius 1 is 0.357 bits per heavy atom. The van der Waals surface area contributed by atoms with E-state index < -0.39 is 0 Å². The maximum Gasteiger partial charge on any atom is 0.136 e. The van der Waals surface area contributed by atoms with Gasteiger partial charge in [-0.05, 0) is 85.3 Å². The summed E-state index contributed by atoms with van der Waals surface area (Å²) in [7, 11) is 0. The zero-order valence-corrected chi connectivity index (χ0v) is 22.7. The average molecular weight is 537 g/mol. The summed E-state index contributed by atoms with van der Waals surface area (Å²) in [6, 6.07) is 49.6. The van der Waals surface area contributed by atoms with Crippen molar-refractivity contribution in [3.63, 3.8) is 0 Å². The fourth-order valence-corrected chi connectivity index (χ4v) is 6.80. The highest BCUT2D eigenvalue weighted by molar-refractivity contribution is 6.25. The van der Waals surface area contributed by atoms with Crippen molar-refractivity contribution < 1.29 is 8.83 Å². The maximum absolute atomic E-state index is 6.30. The monoisotopic (exact) mass is 536 g/mol. The molecule has 2 heterocycles. The van der Waals surface area contributed by atoms with E-state index in [9.17, 15) is 0 Å². The predicted octanol–water partition coefficient (Wildman–Crippen LogP) is 11.6. The Bertz CT molecular complexity index is 2420. The van der Waals surface area contributed by atoms with Crippen molar-refractivity contribution in [2.45, 2.75) is 0 Å². The van der Waals surface area contributed by atoms with Crippen LogP contribution in [0, 0.1) is 0 Å². The highest BCUT2D eigenvalue weighted by Gasteiger charge is 2.20. The Hall–Kier alpha value is -5.60. The average Bonchev–Trinajstić information content (AvgIpc) is 3.68. The van der Waals surface area contributed by atoms with Gasteiger partial charge in [-0.15, -0.1) is 0 Å². The van der Waals surface area contributed by atoms with E-state index in [0.29, 0.717) is 0 Å². The molecule has 9 rings (SSSR count). The summed E-state index contributed by atoms with van der Waals surface area (Å²) >= 11 is 0. The van der Waals surface area contributed by atoms with Gasteiger partial charge < -0.3 is 8.83 Å². The number of hydrogen-bond donors (Lipinski definition) is 0. The predicted molar refractivity (Wildman–Crippen MR) is 175 cm³/mol. The lowest BCUT2D eigenvalue weighted by Crippen LogP contribution is -1.91. The third-order valence-electron chi connectivity index (χ3n) is 8.56. The highest BCUT2D eigenvalue weighted by atomic mass is 16.3. The minimum atomic E-state index is 0.902. The second kappa shape index (κ2) is 8.95. The second-order valence-electron chi connectivity index (χ2n) is 10.8. The molecule has 0 aliphatic heterocycles. The Morgan fingerprint density at radius 3 is 1.69 bits per heavy atom. The van der Waals surface area contributed by atoms with Crippen molar-refractivity contribution in [1.29, 1.82) is 0 Å². The lowest BCUT2D eigenvalue weighted by Gasteiger charge is -2.18. The van der Waals surface area contributed by atoms with Crippen LogP contribution in [0.4, 0.5) is 0 Å². The molecule has 2 nitrogen and oxygen atoms in total. The lowest BCUT2D eigenvalue weighted by molar-refractivity contribution is 0.616. The zero-order chi connectivity index (χ0) is 27.6. The smallest absolute Gasteiger partial charge is 0.136 e. The van der Waals surface area contributed by atoms with E-state index in [1.807, 2.05) is 12.1 Å². The second-order valence-corrected chi connectivity index (χ2v) is 10.8. The molecule has 9 aromatic rings. The van der Waals surface area contributed by atoms with Crippen LogP contribution in [0.25, 0.3) is 87.8 Å². The molecule has 7 aromatic carbocycles. The first-order valence-electron chi connectivity index (χ1n) is 14.3. The fraction of sp³-hybridized carbons (Fsp3) is 0. The molecule has 0 atom stereocenters. The van der Waals surface area contributed by atoms with Gasteiger partial charge in [-0.25, -0.2) is 0 Å². The molecule has 0 saturated carbocycles. The Labute approximate surface area is 242 Å². The Balaban J connectivity index is 1.38. The number of hydrogen-bond acceptors (Lipinski definition) is 2. The van der Waals surface area contributed by atoms with Gasteiger partial charge in [0.05, 0.1) is 6.26 Å². The van der Waals surface area contributed by atoms with Gasteiger partial charge in [-0.1, -0.05) is 109 Å². The molecule has 0 N–H and O–H groups in total. The lowest BCUT2D eigenvalue weighted by atomic mass is 9.84. The van der Waals surface area contributed by atoms with Gasteiger partial charge >= 0.3 is 0 Å². The van der Waals surface area contributed by atoms with E-state index in [1.54, 1.807) is 6.26 Å². The molecule has 0 unspecified atom stereocenters. The molecule has 0 radical (unpaired) electrons. The van der Waals surface area contributed by atoms with Crippen LogP contribution in [0.2, 0.25) is 0 Å². The molecule has 0 bridgehead atoms. The number of furan rings is 2. The summed E-state index contributed by atoms with van der Waals surface area (Å²) in [5.41, 5.74) is 9.94. The normalized spacial score (nSPS) is 11.8. The van der Waals surface area contributed by atoms with Crippen LogP contribution in [0.15, 0.2) is 155 Å². The van der Waals surface area contributed by atoms with Crippen molar-refractivity contribution in [3.8, 4) is 33.4 Å². The molecule has 0 fully saturated rings. The molecule has 2 heteroatoms. The number of para-hydroxylation sites is 1. The summed E-state index contributed by atoms with van der Waals surface area (Å²) < 4.78 is 12.0. The summed E-state index contributed by atoms with van der Waals surface area (Å²) in [5.74, 6) is 0. The number of fused-ring (bicyclic) bond motifs is 6. The molecular weight excluding hydrogens is 512 g/mol. The molecule has 0 spiro atoms. The molecule has 0 saturated heterocycles. The van der Waals surface area contributed by atoms with Crippen LogP contribution in [0.5, 0.6) is 0 Å². The van der Waals surface area contributed by atoms with Crippen molar-refractivity contribution in [2.24, 2.45) is 0 Å². The maximum atomic E-state index is 6.30. The van der Waals surface area contributed by atoms with Gasteiger partial charge in [0.2, 0.25) is 0 Å². The van der Waals surface area contributed by atoms with Gasteiger partial charge in [0, 0.05) is 16.2 Å². The van der Waals surface area contributed by atoms with Crippen molar-refractivity contribution >= 4 is 54.5 Å². The highest BCUT2D eigenvalue weighted by Crippen LogP contribution is 2.47. The minimum absolute atomic E-state index is 0.902.